The van der Waals surface area contributed by atoms with Gasteiger partial charge in [-0.2, -0.15) is 23.7 Å². The SMILES string of the molecule is N#CCN1C=C(C(F)(F)F)C=C(C#N)C1. The highest BCUT2D eigenvalue weighted by Gasteiger charge is 2.34. The Hall–Kier alpha value is -1.95. The molecular formula is C9H6F3N3. The Kier molecular flexibility index (Phi) is 3.01. The smallest absolute Gasteiger partial charge is 0.359 e. The summed E-state index contributed by atoms with van der Waals surface area (Å²) in [5, 5.41) is 16.9. The summed E-state index contributed by atoms with van der Waals surface area (Å²) in [6, 6.07) is 3.39. The van der Waals surface area contributed by atoms with Gasteiger partial charge in [-0.25, -0.2) is 0 Å². The molecule has 1 aliphatic heterocycles. The molecule has 0 radical (unpaired) electrons. The molecule has 78 valence electrons. The van der Waals surface area contributed by atoms with E-state index in [0.29, 0.717) is 0 Å². The highest BCUT2D eigenvalue weighted by atomic mass is 19.4. The summed E-state index contributed by atoms with van der Waals surface area (Å²) in [7, 11) is 0. The molecule has 0 saturated carbocycles. The van der Waals surface area contributed by atoms with Crippen LogP contribution in [-0.4, -0.2) is 24.2 Å². The summed E-state index contributed by atoms with van der Waals surface area (Å²) in [6.07, 6.45) is -2.84. The highest BCUT2D eigenvalue weighted by Crippen LogP contribution is 2.30. The summed E-state index contributed by atoms with van der Waals surface area (Å²) in [6.45, 7) is -0.123. The van der Waals surface area contributed by atoms with Crippen LogP contribution in [-0.2, 0) is 0 Å². The summed E-state index contributed by atoms with van der Waals surface area (Å²) in [4.78, 5) is 1.15. The van der Waals surface area contributed by atoms with Crippen molar-refractivity contribution in [3.05, 3.63) is 23.4 Å². The lowest BCUT2D eigenvalue weighted by Gasteiger charge is -2.23. The minimum absolute atomic E-state index is 0.0000694. The zero-order valence-corrected chi connectivity index (χ0v) is 7.54. The van der Waals surface area contributed by atoms with Gasteiger partial charge in [0, 0.05) is 11.8 Å². The zero-order chi connectivity index (χ0) is 11.5. The molecule has 15 heavy (non-hydrogen) atoms. The number of rotatable bonds is 1. The van der Waals surface area contributed by atoms with Crippen molar-refractivity contribution in [2.45, 2.75) is 6.18 Å². The van der Waals surface area contributed by atoms with Crippen molar-refractivity contribution in [3.8, 4) is 12.1 Å². The second-order valence-corrected chi connectivity index (χ2v) is 2.93. The fourth-order valence-corrected chi connectivity index (χ4v) is 1.15. The van der Waals surface area contributed by atoms with Gasteiger partial charge in [0.25, 0.3) is 0 Å². The lowest BCUT2D eigenvalue weighted by atomic mass is 10.1. The van der Waals surface area contributed by atoms with E-state index in [1.54, 1.807) is 12.1 Å². The maximum Gasteiger partial charge on any atom is 0.417 e. The van der Waals surface area contributed by atoms with Crippen molar-refractivity contribution >= 4 is 0 Å². The van der Waals surface area contributed by atoms with Gasteiger partial charge in [0.2, 0.25) is 0 Å². The van der Waals surface area contributed by atoms with Gasteiger partial charge in [0.05, 0.1) is 24.3 Å². The molecule has 1 heterocycles. The van der Waals surface area contributed by atoms with Crippen LogP contribution in [0.2, 0.25) is 0 Å². The predicted molar refractivity (Wildman–Crippen MR) is 45.0 cm³/mol. The molecule has 0 atom stereocenters. The van der Waals surface area contributed by atoms with E-state index in [-0.39, 0.29) is 18.7 Å². The number of hydrogen-bond donors (Lipinski definition) is 0. The standard InChI is InChI=1S/C9H6F3N3/c10-9(11,12)8-3-7(4-14)5-15(6-8)2-1-13/h3,6H,2,5H2. The summed E-state index contributed by atoms with van der Waals surface area (Å²) >= 11 is 0. The lowest BCUT2D eigenvalue weighted by Crippen LogP contribution is -2.27. The molecule has 0 spiro atoms. The Balaban J connectivity index is 2.99. The van der Waals surface area contributed by atoms with Gasteiger partial charge in [-0.15, -0.1) is 0 Å². The summed E-state index contributed by atoms with van der Waals surface area (Å²) < 4.78 is 37.0. The van der Waals surface area contributed by atoms with Crippen LogP contribution in [0.25, 0.3) is 0 Å². The van der Waals surface area contributed by atoms with Gasteiger partial charge < -0.3 is 4.90 Å². The molecule has 0 aromatic carbocycles. The van der Waals surface area contributed by atoms with Gasteiger partial charge in [0.15, 0.2) is 0 Å². The van der Waals surface area contributed by atoms with Crippen LogP contribution in [0.15, 0.2) is 23.4 Å². The van der Waals surface area contributed by atoms with Gasteiger partial charge in [0.1, 0.15) is 6.54 Å². The van der Waals surface area contributed by atoms with Crippen LogP contribution < -0.4 is 0 Å². The molecule has 6 heteroatoms. The van der Waals surface area contributed by atoms with Gasteiger partial charge in [-0.05, 0) is 6.08 Å². The molecule has 0 N–H and O–H groups in total. The van der Waals surface area contributed by atoms with Crippen molar-refractivity contribution in [2.24, 2.45) is 0 Å². The monoisotopic (exact) mass is 213 g/mol. The Morgan fingerprint density at radius 1 is 1.40 bits per heavy atom. The van der Waals surface area contributed by atoms with E-state index in [4.69, 9.17) is 10.5 Å². The molecule has 3 nitrogen and oxygen atoms in total. The number of nitriles is 2. The first-order valence-electron chi connectivity index (χ1n) is 3.98. The van der Waals surface area contributed by atoms with Gasteiger partial charge in [-0.3, -0.25) is 0 Å². The zero-order valence-electron chi connectivity index (χ0n) is 7.54. The van der Waals surface area contributed by atoms with E-state index in [9.17, 15) is 13.2 Å². The maximum atomic E-state index is 12.3. The molecule has 1 rings (SSSR count). The number of nitrogens with zero attached hydrogens (tertiary/aromatic N) is 3. The molecule has 0 fully saturated rings. The molecule has 0 saturated heterocycles. The van der Waals surface area contributed by atoms with E-state index in [2.05, 4.69) is 0 Å². The molecule has 0 aromatic heterocycles. The van der Waals surface area contributed by atoms with E-state index in [0.717, 1.165) is 17.2 Å². The van der Waals surface area contributed by atoms with Crippen LogP contribution in [0.1, 0.15) is 0 Å². The van der Waals surface area contributed by atoms with Crippen LogP contribution in [0, 0.1) is 22.7 Å². The van der Waals surface area contributed by atoms with Crippen molar-refractivity contribution in [2.75, 3.05) is 13.1 Å². The molecule has 0 bridgehead atoms. The molecule has 0 amide bonds. The number of halogens is 3. The second kappa shape index (κ2) is 4.05. The molecule has 0 aromatic rings. The Labute approximate surface area is 84.3 Å². The average Bonchev–Trinajstić information content (AvgIpc) is 2.16. The van der Waals surface area contributed by atoms with Crippen LogP contribution >= 0.6 is 0 Å². The summed E-state index contributed by atoms with van der Waals surface area (Å²) in [5.74, 6) is 0. The van der Waals surface area contributed by atoms with Crippen molar-refractivity contribution < 1.29 is 13.2 Å². The largest absolute Gasteiger partial charge is 0.417 e. The summed E-state index contributed by atoms with van der Waals surface area (Å²) in [5.41, 5.74) is -0.902. The van der Waals surface area contributed by atoms with Crippen LogP contribution in [0.5, 0.6) is 0 Å². The lowest BCUT2D eigenvalue weighted by molar-refractivity contribution is -0.0896. The first-order valence-corrected chi connectivity index (χ1v) is 3.98. The van der Waals surface area contributed by atoms with Gasteiger partial charge in [-0.1, -0.05) is 0 Å². The van der Waals surface area contributed by atoms with Gasteiger partial charge >= 0.3 is 6.18 Å². The van der Waals surface area contributed by atoms with E-state index in [1.807, 2.05) is 0 Å². The van der Waals surface area contributed by atoms with E-state index >= 15 is 0 Å². The third kappa shape index (κ3) is 2.75. The molecular weight excluding hydrogens is 207 g/mol. The Morgan fingerprint density at radius 3 is 2.53 bits per heavy atom. The fraction of sp³-hybridized carbons (Fsp3) is 0.333. The molecule has 0 unspecified atom stereocenters. The van der Waals surface area contributed by atoms with Crippen LogP contribution in [0.4, 0.5) is 13.2 Å². The molecule has 0 aliphatic carbocycles. The first kappa shape index (κ1) is 11.1. The average molecular weight is 213 g/mol. The molecule has 1 aliphatic rings. The first-order chi connectivity index (χ1) is 6.97. The minimum Gasteiger partial charge on any atom is -0.359 e. The maximum absolute atomic E-state index is 12.3. The van der Waals surface area contributed by atoms with Crippen molar-refractivity contribution in [3.63, 3.8) is 0 Å². The highest BCUT2D eigenvalue weighted by molar-refractivity contribution is 5.38. The van der Waals surface area contributed by atoms with Crippen molar-refractivity contribution in [1.82, 2.24) is 4.90 Å². The number of allylic oxidation sites excluding steroid dienone is 2. The topological polar surface area (TPSA) is 50.8 Å². The third-order valence-corrected chi connectivity index (χ3v) is 1.77. The number of alkyl halides is 3. The minimum atomic E-state index is -4.49. The number of hydrogen-bond acceptors (Lipinski definition) is 3. The third-order valence-electron chi connectivity index (χ3n) is 1.77. The normalized spacial score (nSPS) is 16.2. The second-order valence-electron chi connectivity index (χ2n) is 2.93. The van der Waals surface area contributed by atoms with E-state index in [1.165, 1.54) is 0 Å². The van der Waals surface area contributed by atoms with E-state index < -0.39 is 11.7 Å². The fourth-order valence-electron chi connectivity index (χ4n) is 1.15. The van der Waals surface area contributed by atoms with Crippen LogP contribution in [0.3, 0.4) is 0 Å². The Morgan fingerprint density at radius 2 is 2.07 bits per heavy atom. The van der Waals surface area contributed by atoms with Crippen molar-refractivity contribution in [1.29, 1.82) is 10.5 Å². The Bertz CT molecular complexity index is 392. The predicted octanol–water partition coefficient (Wildman–Crippen LogP) is 1.72. The quantitative estimate of drug-likeness (QED) is 0.623.